The second-order valence-electron chi connectivity index (χ2n) is 3.63. The van der Waals surface area contributed by atoms with Crippen molar-refractivity contribution in [2.24, 2.45) is 0 Å². The van der Waals surface area contributed by atoms with Crippen LogP contribution >= 0.6 is 11.8 Å². The molecule has 5 heteroatoms. The zero-order chi connectivity index (χ0) is 15.8. The molecule has 2 rings (SSSR count). The van der Waals surface area contributed by atoms with E-state index < -0.39 is 0 Å². The summed E-state index contributed by atoms with van der Waals surface area (Å²) in [6, 6.07) is 10.8. The van der Waals surface area contributed by atoms with Gasteiger partial charge in [-0.2, -0.15) is 47.7 Å². The summed E-state index contributed by atoms with van der Waals surface area (Å²) in [7, 11) is 0. The Morgan fingerprint density at radius 2 is 1.35 bits per heavy atom. The van der Waals surface area contributed by atoms with E-state index in [1.54, 1.807) is 11.8 Å². The Bertz CT molecular complexity index is 408. The summed E-state index contributed by atoms with van der Waals surface area (Å²) in [5.74, 6) is 0. The van der Waals surface area contributed by atoms with Crippen molar-refractivity contribution in [1.29, 1.82) is 0 Å². The van der Waals surface area contributed by atoms with Gasteiger partial charge in [-0.15, -0.1) is 0 Å². The van der Waals surface area contributed by atoms with Gasteiger partial charge in [0, 0.05) is 42.6 Å². The summed E-state index contributed by atoms with van der Waals surface area (Å²) in [5.41, 5.74) is 2.38. The number of hydrogen-bond donors (Lipinski definition) is 0. The van der Waals surface area contributed by atoms with Crippen LogP contribution in [0.25, 0.3) is 0 Å². The molecule has 1 aromatic carbocycles. The van der Waals surface area contributed by atoms with E-state index in [0.29, 0.717) is 0 Å². The topological polar surface area (TPSA) is 34.1 Å². The average molecular weight is 580 g/mol. The van der Waals surface area contributed by atoms with E-state index in [1.165, 1.54) is 28.8 Å². The van der Waals surface area contributed by atoms with Crippen LogP contribution < -0.4 is 0 Å². The first-order valence-electron chi connectivity index (χ1n) is 5.68. The summed E-state index contributed by atoms with van der Waals surface area (Å²) in [5, 5.41) is 0. The minimum Gasteiger partial charge on any atom is -0.184 e. The SMILES string of the molecule is C.C.C=C1C=C[C](=[W])C=C1.CSC.Cc1cc[c-]cc1.O=O.[Y]. The largest absolute Gasteiger partial charge is 0.184 e. The standard InChI is InChI=1S/C7H7.C7H6.C2H6S.2CH4.O2.W.Y/c2*1-7-5-3-2-4-6-7;1-3-2;;;1-2;;/h3-6H,1H3;3-6H,1H2;1-2H3;2*1H4;;;/q-1;;;;;;;. The van der Waals surface area contributed by atoms with Crippen LogP contribution in [0.5, 0.6) is 0 Å². The minimum atomic E-state index is 0. The number of thioether (sulfide) groups is 1. The van der Waals surface area contributed by atoms with Crippen LogP contribution in [-0.4, -0.2) is 16.4 Å². The van der Waals surface area contributed by atoms with Gasteiger partial charge in [-0.1, -0.05) is 21.8 Å². The van der Waals surface area contributed by atoms with Crippen LogP contribution in [0.2, 0.25) is 0 Å². The first-order valence-corrected chi connectivity index (χ1v) is 8.78. The fourth-order valence-corrected chi connectivity index (χ4v) is 1.45. The predicted octanol–water partition coefficient (Wildman–Crippen LogP) is 5.50. The van der Waals surface area contributed by atoms with Gasteiger partial charge in [0.15, 0.2) is 0 Å². The smallest absolute Gasteiger partial charge is 0 e. The van der Waals surface area contributed by atoms with E-state index in [-0.39, 0.29) is 47.6 Å². The predicted molar refractivity (Wildman–Crippen MR) is 102 cm³/mol. The molecule has 0 heterocycles. The molecule has 1 aromatic rings. The Morgan fingerprint density at radius 1 is 1.00 bits per heavy atom. The van der Waals surface area contributed by atoms with E-state index in [4.69, 9.17) is 9.93 Å². The molecule has 0 aromatic heterocycles. The molecule has 0 unspecified atom stereocenters. The third kappa shape index (κ3) is 27.2. The number of aryl methyl sites for hydroxylation is 1. The van der Waals surface area contributed by atoms with Gasteiger partial charge < -0.3 is 0 Å². The fraction of sp³-hybridized carbons (Fsp3) is 0.278. The molecule has 23 heavy (non-hydrogen) atoms. The quantitative estimate of drug-likeness (QED) is 0.381. The van der Waals surface area contributed by atoms with Gasteiger partial charge in [-0.05, 0) is 12.5 Å². The summed E-state index contributed by atoms with van der Waals surface area (Å²) < 4.78 is 1.37. The van der Waals surface area contributed by atoms with Crippen molar-refractivity contribution in [3.63, 3.8) is 0 Å². The molecule has 1 radical (unpaired) electrons. The van der Waals surface area contributed by atoms with E-state index in [2.05, 4.69) is 31.7 Å². The molecule has 0 saturated carbocycles. The fourth-order valence-electron chi connectivity index (χ4n) is 0.960. The molecule has 0 aliphatic heterocycles. The van der Waals surface area contributed by atoms with Crippen molar-refractivity contribution in [2.75, 3.05) is 12.5 Å². The molecule has 0 N–H and O–H groups in total. The summed E-state index contributed by atoms with van der Waals surface area (Å²) in [6.07, 6.45) is 12.3. The zero-order valence-corrected chi connectivity index (χ0v) is 19.1. The molecule has 0 bridgehead atoms. The van der Waals surface area contributed by atoms with Crippen molar-refractivity contribution in [2.45, 2.75) is 21.8 Å². The van der Waals surface area contributed by atoms with Gasteiger partial charge >= 0.3 is 59.7 Å². The first kappa shape index (κ1) is 34.4. The average Bonchev–Trinajstić information content (AvgIpc) is 2.47. The molecule has 0 fully saturated rings. The van der Waals surface area contributed by atoms with Crippen LogP contribution in [0.4, 0.5) is 0 Å². The number of rotatable bonds is 0. The summed E-state index contributed by atoms with van der Waals surface area (Å²) in [6.45, 7) is 5.83. The maximum atomic E-state index is 7.00. The Hall–Kier alpha value is 0.0522. The third-order valence-electron chi connectivity index (χ3n) is 1.81. The van der Waals surface area contributed by atoms with E-state index in [1.807, 2.05) is 48.9 Å². The molecule has 0 amide bonds. The number of allylic oxidation sites excluding steroid dienone is 5. The Kier molecular flexibility index (Phi) is 40.3. The van der Waals surface area contributed by atoms with Crippen molar-refractivity contribution in [1.82, 2.24) is 0 Å². The molecular formula is C18H27O2SWY-. The molecule has 0 saturated heterocycles. The molecule has 0 atom stereocenters. The van der Waals surface area contributed by atoms with Crippen molar-refractivity contribution < 1.29 is 52.1 Å². The second kappa shape index (κ2) is 26.9. The van der Waals surface area contributed by atoms with E-state index >= 15 is 0 Å². The van der Waals surface area contributed by atoms with Gasteiger partial charge in [0.25, 0.3) is 0 Å². The van der Waals surface area contributed by atoms with Crippen LogP contribution in [0.1, 0.15) is 20.4 Å². The van der Waals surface area contributed by atoms with Crippen LogP contribution in [0, 0.1) is 22.9 Å². The first-order chi connectivity index (χ1) is 9.60. The monoisotopic (exact) mass is 580 g/mol. The van der Waals surface area contributed by atoms with Gasteiger partial charge in [0.1, 0.15) is 0 Å². The molecule has 127 valence electrons. The van der Waals surface area contributed by atoms with Gasteiger partial charge in [-0.3, -0.25) is 0 Å². The van der Waals surface area contributed by atoms with E-state index in [9.17, 15) is 0 Å². The maximum Gasteiger partial charge on any atom is 0 e. The van der Waals surface area contributed by atoms with Crippen LogP contribution in [-0.2, 0) is 52.1 Å². The normalized spacial score (nSPS) is 9.70. The minimum absolute atomic E-state index is 0. The zero-order valence-electron chi connectivity index (χ0n) is 12.5. The molecule has 1 aliphatic rings. The molecular weight excluding hydrogens is 553 g/mol. The Balaban J connectivity index is -0.0000000671. The van der Waals surface area contributed by atoms with Gasteiger partial charge in [-0.25, -0.2) is 0 Å². The number of benzene rings is 1. The summed E-state index contributed by atoms with van der Waals surface area (Å²) >= 11 is 3.26. The van der Waals surface area contributed by atoms with Gasteiger partial charge in [0.05, 0.1) is 0 Å². The van der Waals surface area contributed by atoms with Crippen molar-refractivity contribution in [3.05, 3.63) is 82.3 Å². The van der Waals surface area contributed by atoms with Crippen molar-refractivity contribution >= 4 is 15.7 Å². The maximum absolute atomic E-state index is 7.00. The van der Waals surface area contributed by atoms with Crippen molar-refractivity contribution in [3.8, 4) is 0 Å². The Labute approximate surface area is 182 Å². The van der Waals surface area contributed by atoms with Gasteiger partial charge in [0.2, 0.25) is 0 Å². The van der Waals surface area contributed by atoms with E-state index in [0.717, 1.165) is 5.57 Å². The molecule has 0 spiro atoms. The van der Waals surface area contributed by atoms with Crippen LogP contribution in [0.3, 0.4) is 0 Å². The summed E-state index contributed by atoms with van der Waals surface area (Å²) in [4.78, 5) is 14.0. The molecule has 1 aliphatic carbocycles. The van der Waals surface area contributed by atoms with Crippen LogP contribution in [0.15, 0.2) is 60.7 Å². The number of hydrogen-bond acceptors (Lipinski definition) is 3. The Morgan fingerprint density at radius 3 is 1.57 bits per heavy atom. The third-order valence-corrected chi connectivity index (χ3v) is 2.79. The molecule has 2 nitrogen and oxygen atoms in total. The second-order valence-corrected chi connectivity index (χ2v) is 6.14.